The van der Waals surface area contributed by atoms with Crippen LogP contribution in [0.2, 0.25) is 13.3 Å². The van der Waals surface area contributed by atoms with Gasteiger partial charge in [-0.25, -0.2) is 0 Å². The van der Waals surface area contributed by atoms with Crippen molar-refractivity contribution in [2.24, 2.45) is 0 Å². The molecule has 0 radical (unpaired) electrons. The molecular formula is C19H34O3Sn. The Kier molecular flexibility index (Phi) is 10.00. The Bertz CT molecular complexity index is 431. The van der Waals surface area contributed by atoms with E-state index in [-0.39, 0.29) is 5.97 Å². The average molecular weight is 429 g/mol. The van der Waals surface area contributed by atoms with E-state index in [1.807, 2.05) is 6.92 Å². The number of carbonyl (C=O) groups excluding carboxylic acids is 1. The fourth-order valence-corrected chi connectivity index (χ4v) is 19.7. The summed E-state index contributed by atoms with van der Waals surface area (Å²) in [7, 11) is 0. The van der Waals surface area contributed by atoms with Crippen molar-refractivity contribution in [2.45, 2.75) is 79.5 Å². The number of furan rings is 1. The van der Waals surface area contributed by atoms with Gasteiger partial charge in [0.15, 0.2) is 0 Å². The molecule has 0 bridgehead atoms. The molecule has 0 amide bonds. The first-order valence-corrected chi connectivity index (χ1v) is 16.9. The number of hydrogen-bond donors (Lipinski definition) is 0. The summed E-state index contributed by atoms with van der Waals surface area (Å²) >= 11 is -2.62. The number of hydrogen-bond acceptors (Lipinski definition) is 3. The molecule has 0 saturated carbocycles. The number of carbonyl (C=O) groups is 1. The van der Waals surface area contributed by atoms with Crippen LogP contribution in [0.25, 0.3) is 0 Å². The molecule has 1 aromatic rings. The van der Waals surface area contributed by atoms with Crippen molar-refractivity contribution in [3.05, 3.63) is 18.1 Å². The van der Waals surface area contributed by atoms with E-state index in [0.29, 0.717) is 12.4 Å². The Balaban J connectivity index is 3.19. The quantitative estimate of drug-likeness (QED) is 0.325. The molecule has 0 atom stereocenters. The van der Waals surface area contributed by atoms with Gasteiger partial charge in [-0.1, -0.05) is 0 Å². The first-order valence-electron chi connectivity index (χ1n) is 9.40. The van der Waals surface area contributed by atoms with Crippen LogP contribution in [0.3, 0.4) is 0 Å². The van der Waals surface area contributed by atoms with Gasteiger partial charge in [-0.15, -0.1) is 0 Å². The van der Waals surface area contributed by atoms with Crippen LogP contribution in [0, 0.1) is 0 Å². The molecule has 4 heteroatoms. The van der Waals surface area contributed by atoms with Gasteiger partial charge in [0.1, 0.15) is 0 Å². The first kappa shape index (κ1) is 20.6. The zero-order valence-electron chi connectivity index (χ0n) is 15.5. The van der Waals surface area contributed by atoms with Gasteiger partial charge in [0, 0.05) is 0 Å². The van der Waals surface area contributed by atoms with Crippen LogP contribution in [-0.4, -0.2) is 31.0 Å². The number of ether oxygens (including phenoxy) is 1. The number of rotatable bonds is 12. The summed E-state index contributed by atoms with van der Waals surface area (Å²) < 4.78 is 16.1. The van der Waals surface area contributed by atoms with E-state index in [1.54, 1.807) is 6.26 Å². The van der Waals surface area contributed by atoms with Crippen LogP contribution >= 0.6 is 0 Å². The van der Waals surface area contributed by atoms with Gasteiger partial charge in [0.05, 0.1) is 0 Å². The maximum absolute atomic E-state index is 12.3. The van der Waals surface area contributed by atoms with E-state index >= 15 is 0 Å². The summed E-state index contributed by atoms with van der Waals surface area (Å²) in [5.74, 6) is 0.254. The van der Waals surface area contributed by atoms with Gasteiger partial charge >= 0.3 is 146 Å². The summed E-state index contributed by atoms with van der Waals surface area (Å²) in [6.45, 7) is 9.04. The monoisotopic (exact) mass is 430 g/mol. The molecule has 0 aliphatic heterocycles. The minimum absolute atomic E-state index is 0.266. The number of unbranched alkanes of at least 4 members (excludes halogenated alkanes) is 3. The van der Waals surface area contributed by atoms with Crippen LogP contribution in [0.1, 0.15) is 76.8 Å². The zero-order valence-corrected chi connectivity index (χ0v) is 18.3. The fraction of sp³-hybridized carbons (Fsp3) is 0.737. The van der Waals surface area contributed by atoms with Crippen LogP contribution in [0.4, 0.5) is 0 Å². The molecule has 0 aliphatic rings. The Hall–Kier alpha value is -0.451. The van der Waals surface area contributed by atoms with Gasteiger partial charge in [0.25, 0.3) is 0 Å². The second-order valence-corrected chi connectivity index (χ2v) is 19.6. The predicted molar refractivity (Wildman–Crippen MR) is 99.2 cm³/mol. The SMILES string of the molecule is CCC[CH2][Sn]([CH2]CCC)([CH2]CCC)[c]1ccoc1C(=O)OCC. The second kappa shape index (κ2) is 11.2. The molecule has 1 rings (SSSR count). The molecule has 0 aromatic carbocycles. The van der Waals surface area contributed by atoms with Gasteiger partial charge in [0.2, 0.25) is 0 Å². The first-order chi connectivity index (χ1) is 11.1. The molecular weight excluding hydrogens is 395 g/mol. The van der Waals surface area contributed by atoms with Crippen molar-refractivity contribution in [1.82, 2.24) is 0 Å². The Morgan fingerprint density at radius 3 is 1.96 bits per heavy atom. The molecule has 23 heavy (non-hydrogen) atoms. The summed E-state index contributed by atoms with van der Waals surface area (Å²) in [4.78, 5) is 12.3. The summed E-state index contributed by atoms with van der Waals surface area (Å²) in [5.41, 5.74) is 0. The molecule has 0 unspecified atom stereocenters. The summed E-state index contributed by atoms with van der Waals surface area (Å²) in [6, 6.07) is 2.10. The van der Waals surface area contributed by atoms with Crippen molar-refractivity contribution in [3.8, 4) is 0 Å². The molecule has 0 saturated heterocycles. The van der Waals surface area contributed by atoms with Crippen molar-refractivity contribution >= 4 is 27.9 Å². The molecule has 1 heterocycles. The molecule has 132 valence electrons. The summed E-state index contributed by atoms with van der Waals surface area (Å²) in [5, 5.41) is 0. The van der Waals surface area contributed by atoms with Gasteiger partial charge in [-0.3, -0.25) is 0 Å². The van der Waals surface area contributed by atoms with Crippen LogP contribution < -0.4 is 3.58 Å². The maximum atomic E-state index is 12.3. The van der Waals surface area contributed by atoms with E-state index in [1.165, 1.54) is 55.4 Å². The van der Waals surface area contributed by atoms with Crippen LogP contribution in [0.5, 0.6) is 0 Å². The normalized spacial score (nSPS) is 11.7. The molecule has 0 fully saturated rings. The fourth-order valence-electron chi connectivity index (χ4n) is 3.41. The zero-order chi connectivity index (χ0) is 17.1. The van der Waals surface area contributed by atoms with Crippen molar-refractivity contribution in [1.29, 1.82) is 0 Å². The van der Waals surface area contributed by atoms with Crippen molar-refractivity contribution in [3.63, 3.8) is 0 Å². The second-order valence-electron chi connectivity index (χ2n) is 6.47. The van der Waals surface area contributed by atoms with Crippen molar-refractivity contribution in [2.75, 3.05) is 6.61 Å². The Labute approximate surface area is 146 Å². The molecule has 0 aliphatic carbocycles. The van der Waals surface area contributed by atoms with Gasteiger partial charge < -0.3 is 0 Å². The standard InChI is InChI=1S/C7H7O3.3C4H9.Sn/c1-2-9-7(8)6-4-3-5-10-6;3*1-3-4-2;/h3,5H,2H2,1H3;3*1,3-4H2,2H3;. The average Bonchev–Trinajstić information content (AvgIpc) is 3.05. The van der Waals surface area contributed by atoms with E-state index < -0.39 is 18.4 Å². The van der Waals surface area contributed by atoms with Gasteiger partial charge in [-0.2, -0.15) is 0 Å². The predicted octanol–water partition coefficient (Wildman–Crippen LogP) is 5.51. The molecule has 0 spiro atoms. The topological polar surface area (TPSA) is 39.4 Å². The van der Waals surface area contributed by atoms with Crippen LogP contribution in [-0.2, 0) is 4.74 Å². The summed E-state index contributed by atoms with van der Waals surface area (Å²) in [6.07, 6.45) is 9.21. The molecule has 3 nitrogen and oxygen atoms in total. The van der Waals surface area contributed by atoms with E-state index in [4.69, 9.17) is 9.15 Å². The van der Waals surface area contributed by atoms with Crippen molar-refractivity contribution < 1.29 is 13.9 Å². The third kappa shape index (κ3) is 5.84. The third-order valence-electron chi connectivity index (χ3n) is 4.72. The molecule has 1 aromatic heterocycles. The number of esters is 1. The Morgan fingerprint density at radius 2 is 1.52 bits per heavy atom. The Morgan fingerprint density at radius 1 is 1.00 bits per heavy atom. The molecule has 0 N–H and O–H groups in total. The van der Waals surface area contributed by atoms with E-state index in [0.717, 1.165) is 0 Å². The van der Waals surface area contributed by atoms with E-state index in [9.17, 15) is 4.79 Å². The van der Waals surface area contributed by atoms with Crippen LogP contribution in [0.15, 0.2) is 16.7 Å². The minimum atomic E-state index is -2.62. The van der Waals surface area contributed by atoms with E-state index in [2.05, 4.69) is 26.8 Å². The third-order valence-corrected chi connectivity index (χ3v) is 20.3. The van der Waals surface area contributed by atoms with Gasteiger partial charge in [-0.05, 0) is 0 Å².